The molecule has 0 radical (unpaired) electrons. The van der Waals surface area contributed by atoms with Crippen LogP contribution >= 0.6 is 0 Å². The molecule has 0 amide bonds. The number of hydrogen-bond donors (Lipinski definition) is 1. The van der Waals surface area contributed by atoms with E-state index in [1.165, 1.54) is 11.3 Å². The summed E-state index contributed by atoms with van der Waals surface area (Å²) < 4.78 is 10.1. The Morgan fingerprint density at radius 1 is 1.08 bits per heavy atom. The van der Waals surface area contributed by atoms with Crippen molar-refractivity contribution in [3.05, 3.63) is 66.0 Å². The average Bonchev–Trinajstić information content (AvgIpc) is 2.88. The molecule has 1 N–H and O–H groups in total. The molecule has 0 unspecified atom stereocenters. The monoisotopic (exact) mass is 325 g/mol. The van der Waals surface area contributed by atoms with Gasteiger partial charge in [-0.05, 0) is 17.7 Å². The van der Waals surface area contributed by atoms with E-state index in [1.54, 1.807) is 0 Å². The Hall–Kier alpha value is -2.17. The minimum atomic E-state index is -0.533. The normalized spacial score (nSPS) is 12.6. The molecule has 3 aromatic rings. The Morgan fingerprint density at radius 3 is 2.54 bits per heavy atom. The summed E-state index contributed by atoms with van der Waals surface area (Å²) in [5.74, 6) is 1.21. The molecule has 24 heavy (non-hydrogen) atoms. The van der Waals surface area contributed by atoms with E-state index in [9.17, 15) is 5.11 Å². The summed E-state index contributed by atoms with van der Waals surface area (Å²) in [4.78, 5) is 0. The van der Waals surface area contributed by atoms with Crippen LogP contribution in [0.4, 0.5) is 0 Å². The standard InChI is InChI=1S/C20H25N2O2/c1-3-20-21(2)18-11-7-8-12-19(18)22(20)13-17(23)15-24-14-16-9-5-4-6-10-16/h4-12,17,23H,3,13-15H2,1-2H3/q+1/t17-/m0/s1. The number of ether oxygens (including phenoxy) is 1. The average molecular weight is 325 g/mol. The number of hydrogen-bond acceptors (Lipinski definition) is 2. The number of benzene rings is 2. The highest BCUT2D eigenvalue weighted by molar-refractivity contribution is 5.72. The van der Waals surface area contributed by atoms with Crippen molar-refractivity contribution in [2.45, 2.75) is 32.6 Å². The summed E-state index contributed by atoms with van der Waals surface area (Å²) in [5, 5.41) is 10.4. The van der Waals surface area contributed by atoms with Gasteiger partial charge in [-0.15, -0.1) is 0 Å². The number of imidazole rings is 1. The SMILES string of the molecule is CCc1n(C[C@H](O)COCc2ccccc2)c2ccccc2[n+]1C. The van der Waals surface area contributed by atoms with Crippen LogP contribution in [-0.4, -0.2) is 22.4 Å². The van der Waals surface area contributed by atoms with Gasteiger partial charge in [0.25, 0.3) is 5.82 Å². The van der Waals surface area contributed by atoms with Gasteiger partial charge < -0.3 is 9.84 Å². The molecule has 2 aromatic carbocycles. The number of aliphatic hydroxyl groups is 1. The maximum Gasteiger partial charge on any atom is 0.256 e. The molecule has 1 aromatic heterocycles. The van der Waals surface area contributed by atoms with Crippen LogP contribution in [0.3, 0.4) is 0 Å². The zero-order chi connectivity index (χ0) is 16.9. The maximum absolute atomic E-state index is 10.4. The Labute approximate surface area is 142 Å². The summed E-state index contributed by atoms with van der Waals surface area (Å²) in [7, 11) is 2.08. The molecule has 1 heterocycles. The third-order valence-corrected chi connectivity index (χ3v) is 4.36. The van der Waals surface area contributed by atoms with Gasteiger partial charge in [-0.2, -0.15) is 0 Å². The van der Waals surface area contributed by atoms with E-state index in [0.29, 0.717) is 19.8 Å². The lowest BCUT2D eigenvalue weighted by molar-refractivity contribution is -0.653. The predicted octanol–water partition coefficient (Wildman–Crippen LogP) is 2.61. The largest absolute Gasteiger partial charge is 0.387 e. The third kappa shape index (κ3) is 3.50. The minimum Gasteiger partial charge on any atom is -0.387 e. The highest BCUT2D eigenvalue weighted by atomic mass is 16.5. The first kappa shape index (κ1) is 16.7. The Morgan fingerprint density at radius 2 is 1.79 bits per heavy atom. The van der Waals surface area contributed by atoms with Crippen molar-refractivity contribution in [1.29, 1.82) is 0 Å². The quantitative estimate of drug-likeness (QED) is 0.678. The van der Waals surface area contributed by atoms with Gasteiger partial charge in [0.15, 0.2) is 11.0 Å². The molecule has 0 bridgehead atoms. The van der Waals surface area contributed by atoms with E-state index >= 15 is 0 Å². The maximum atomic E-state index is 10.4. The zero-order valence-electron chi connectivity index (χ0n) is 14.4. The summed E-state index contributed by atoms with van der Waals surface area (Å²) in [6.45, 7) is 3.54. The lowest BCUT2D eigenvalue weighted by atomic mass is 10.2. The highest BCUT2D eigenvalue weighted by Crippen LogP contribution is 2.15. The molecule has 0 aliphatic carbocycles. The molecule has 4 nitrogen and oxygen atoms in total. The number of rotatable bonds is 7. The van der Waals surface area contributed by atoms with Gasteiger partial charge in [-0.1, -0.05) is 49.4 Å². The van der Waals surface area contributed by atoms with Crippen LogP contribution in [0.5, 0.6) is 0 Å². The first-order valence-electron chi connectivity index (χ1n) is 8.46. The first-order chi connectivity index (χ1) is 11.7. The van der Waals surface area contributed by atoms with Crippen LogP contribution in [0, 0.1) is 0 Å². The van der Waals surface area contributed by atoms with Crippen LogP contribution in [0.15, 0.2) is 54.6 Å². The second-order valence-corrected chi connectivity index (χ2v) is 6.08. The number of fused-ring (bicyclic) bond motifs is 1. The van der Waals surface area contributed by atoms with E-state index in [4.69, 9.17) is 4.74 Å². The lowest BCUT2D eigenvalue weighted by Crippen LogP contribution is -2.34. The molecule has 126 valence electrons. The molecule has 0 aliphatic heterocycles. The smallest absolute Gasteiger partial charge is 0.256 e. The Kier molecular flexibility index (Phi) is 5.28. The summed E-state index contributed by atoms with van der Waals surface area (Å²) >= 11 is 0. The van der Waals surface area contributed by atoms with Gasteiger partial charge in [-0.3, -0.25) is 0 Å². The van der Waals surface area contributed by atoms with Crippen LogP contribution in [0.1, 0.15) is 18.3 Å². The molecule has 0 fully saturated rings. The van der Waals surface area contributed by atoms with E-state index in [0.717, 1.165) is 17.5 Å². The van der Waals surface area contributed by atoms with Crippen LogP contribution in [0.25, 0.3) is 11.0 Å². The summed E-state index contributed by atoms with van der Waals surface area (Å²) in [5.41, 5.74) is 3.46. The first-order valence-corrected chi connectivity index (χ1v) is 8.46. The number of aliphatic hydroxyl groups excluding tert-OH is 1. The zero-order valence-corrected chi connectivity index (χ0v) is 14.4. The van der Waals surface area contributed by atoms with Crippen molar-refractivity contribution < 1.29 is 14.4 Å². The van der Waals surface area contributed by atoms with E-state index < -0.39 is 6.10 Å². The predicted molar refractivity (Wildman–Crippen MR) is 94.6 cm³/mol. The summed E-state index contributed by atoms with van der Waals surface area (Å²) in [6.07, 6.45) is 0.387. The number of nitrogens with zero attached hydrogens (tertiary/aromatic N) is 2. The van der Waals surface area contributed by atoms with Gasteiger partial charge in [0.2, 0.25) is 0 Å². The molecule has 0 saturated heterocycles. The van der Waals surface area contributed by atoms with Crippen LogP contribution in [0.2, 0.25) is 0 Å². The molecule has 3 rings (SSSR count). The molecular formula is C20H25N2O2+. The highest BCUT2D eigenvalue weighted by Gasteiger charge is 2.22. The van der Waals surface area contributed by atoms with Gasteiger partial charge in [0.1, 0.15) is 12.6 Å². The third-order valence-electron chi connectivity index (χ3n) is 4.36. The van der Waals surface area contributed by atoms with Crippen molar-refractivity contribution in [2.75, 3.05) is 6.61 Å². The molecule has 4 heteroatoms. The van der Waals surface area contributed by atoms with Gasteiger partial charge in [0.05, 0.1) is 20.3 Å². The van der Waals surface area contributed by atoms with Crippen molar-refractivity contribution in [2.24, 2.45) is 7.05 Å². The van der Waals surface area contributed by atoms with Crippen molar-refractivity contribution in [3.8, 4) is 0 Å². The second kappa shape index (κ2) is 7.60. The molecular weight excluding hydrogens is 300 g/mol. The van der Waals surface area contributed by atoms with Gasteiger partial charge in [0, 0.05) is 6.42 Å². The van der Waals surface area contributed by atoms with Gasteiger partial charge >= 0.3 is 0 Å². The van der Waals surface area contributed by atoms with Crippen molar-refractivity contribution in [1.82, 2.24) is 4.57 Å². The molecule has 0 saturated carbocycles. The van der Waals surface area contributed by atoms with Crippen molar-refractivity contribution >= 4 is 11.0 Å². The number of aryl methyl sites for hydroxylation is 1. The minimum absolute atomic E-state index is 0.328. The van der Waals surface area contributed by atoms with Crippen LogP contribution < -0.4 is 4.57 Å². The summed E-state index contributed by atoms with van der Waals surface area (Å²) in [6, 6.07) is 18.3. The van der Waals surface area contributed by atoms with E-state index in [1.807, 2.05) is 42.5 Å². The fraction of sp³-hybridized carbons (Fsp3) is 0.350. The second-order valence-electron chi connectivity index (χ2n) is 6.08. The number of aromatic nitrogens is 2. The molecule has 0 spiro atoms. The fourth-order valence-corrected chi connectivity index (χ4v) is 3.22. The van der Waals surface area contributed by atoms with Crippen LogP contribution in [-0.2, 0) is 31.4 Å². The molecule has 1 atom stereocenters. The fourth-order valence-electron chi connectivity index (χ4n) is 3.22. The van der Waals surface area contributed by atoms with E-state index in [-0.39, 0.29) is 0 Å². The Bertz CT molecular complexity index is 796. The number of para-hydroxylation sites is 2. The van der Waals surface area contributed by atoms with Crippen molar-refractivity contribution in [3.63, 3.8) is 0 Å². The lowest BCUT2D eigenvalue weighted by Gasteiger charge is -2.11. The van der Waals surface area contributed by atoms with E-state index in [2.05, 4.69) is 35.2 Å². The topological polar surface area (TPSA) is 38.3 Å². The van der Waals surface area contributed by atoms with Gasteiger partial charge in [-0.25, -0.2) is 9.13 Å². The Balaban J connectivity index is 1.68. The molecule has 0 aliphatic rings.